The van der Waals surface area contributed by atoms with Crippen molar-refractivity contribution in [1.82, 2.24) is 5.32 Å². The summed E-state index contributed by atoms with van der Waals surface area (Å²) in [6, 6.07) is 0. The first kappa shape index (κ1) is 10.2. The molecular formula is C5H8N2O5. The van der Waals surface area contributed by atoms with Gasteiger partial charge in [0.05, 0.1) is 6.54 Å². The van der Waals surface area contributed by atoms with Crippen molar-refractivity contribution < 1.29 is 24.2 Å². The van der Waals surface area contributed by atoms with E-state index in [9.17, 15) is 14.4 Å². The van der Waals surface area contributed by atoms with Crippen molar-refractivity contribution in [2.45, 2.75) is 0 Å². The van der Waals surface area contributed by atoms with Crippen LogP contribution in [0.4, 0.5) is 4.79 Å². The van der Waals surface area contributed by atoms with Crippen LogP contribution < -0.4 is 11.1 Å². The van der Waals surface area contributed by atoms with E-state index in [2.05, 4.69) is 10.5 Å². The highest BCUT2D eigenvalue weighted by molar-refractivity contribution is 6.31. The molecule has 0 aromatic rings. The van der Waals surface area contributed by atoms with Gasteiger partial charge in [-0.2, -0.15) is 0 Å². The highest BCUT2D eigenvalue weighted by Crippen LogP contribution is 1.72. The zero-order chi connectivity index (χ0) is 9.56. The standard InChI is InChI=1S/C5H8N2O5/c6-5(11)12-2-1-7-3(8)4(9)10/h1-2H2,(H2,6,11)(H,7,8)(H,9,10). The third-order valence-electron chi connectivity index (χ3n) is 0.826. The number of carboxylic acid groups (broad SMARTS) is 1. The number of nitrogens with one attached hydrogen (secondary N) is 1. The molecular weight excluding hydrogens is 168 g/mol. The number of nitrogens with two attached hydrogens (primary N) is 1. The van der Waals surface area contributed by atoms with Crippen molar-refractivity contribution >= 4 is 18.0 Å². The van der Waals surface area contributed by atoms with Gasteiger partial charge in [0.15, 0.2) is 0 Å². The van der Waals surface area contributed by atoms with Crippen molar-refractivity contribution in [2.75, 3.05) is 13.2 Å². The first-order valence-electron chi connectivity index (χ1n) is 2.97. The molecule has 68 valence electrons. The van der Waals surface area contributed by atoms with Crippen LogP contribution in [0, 0.1) is 0 Å². The maximum Gasteiger partial charge on any atom is 0.404 e. The summed E-state index contributed by atoms with van der Waals surface area (Å²) >= 11 is 0. The summed E-state index contributed by atoms with van der Waals surface area (Å²) in [6.45, 7) is -0.220. The molecule has 7 heteroatoms. The van der Waals surface area contributed by atoms with Crippen LogP contribution >= 0.6 is 0 Å². The number of hydrogen-bond donors (Lipinski definition) is 3. The average molecular weight is 176 g/mol. The van der Waals surface area contributed by atoms with Gasteiger partial charge in [0.25, 0.3) is 0 Å². The van der Waals surface area contributed by atoms with Crippen LogP contribution in [0.3, 0.4) is 0 Å². The van der Waals surface area contributed by atoms with Crippen LogP contribution in [0.1, 0.15) is 0 Å². The predicted molar refractivity (Wildman–Crippen MR) is 36.2 cm³/mol. The fraction of sp³-hybridized carbons (Fsp3) is 0.400. The highest BCUT2D eigenvalue weighted by Gasteiger charge is 2.08. The summed E-state index contributed by atoms with van der Waals surface area (Å²) in [5, 5.41) is 10.0. The Balaban J connectivity index is 3.38. The number of carbonyl (C=O) groups excluding carboxylic acids is 2. The van der Waals surface area contributed by atoms with Crippen LogP contribution in [0.2, 0.25) is 0 Å². The maximum absolute atomic E-state index is 10.3. The molecule has 4 N–H and O–H groups in total. The third-order valence-corrected chi connectivity index (χ3v) is 0.826. The molecule has 0 aromatic heterocycles. The van der Waals surface area contributed by atoms with Gasteiger partial charge in [-0.25, -0.2) is 9.59 Å². The summed E-state index contributed by atoms with van der Waals surface area (Å²) in [6.07, 6.45) is -0.973. The average Bonchev–Trinajstić information content (AvgIpc) is 1.97. The van der Waals surface area contributed by atoms with Crippen LogP contribution in [-0.4, -0.2) is 36.2 Å². The van der Waals surface area contributed by atoms with E-state index in [1.807, 2.05) is 5.32 Å². The fourth-order valence-corrected chi connectivity index (χ4v) is 0.392. The molecule has 0 saturated carbocycles. The van der Waals surface area contributed by atoms with Gasteiger partial charge < -0.3 is 20.9 Å². The Hall–Kier alpha value is -1.79. The van der Waals surface area contributed by atoms with Gasteiger partial charge in [-0.15, -0.1) is 0 Å². The Morgan fingerprint density at radius 3 is 2.42 bits per heavy atom. The summed E-state index contributed by atoms with van der Waals surface area (Å²) in [4.78, 5) is 30.1. The SMILES string of the molecule is NC(=O)OCCNC(=O)C(=O)O. The second-order valence-corrected chi connectivity index (χ2v) is 1.73. The molecule has 0 aromatic carbocycles. The van der Waals surface area contributed by atoms with E-state index in [1.54, 1.807) is 0 Å². The van der Waals surface area contributed by atoms with Crippen molar-refractivity contribution in [3.8, 4) is 0 Å². The second kappa shape index (κ2) is 4.94. The number of hydrogen-bond acceptors (Lipinski definition) is 4. The van der Waals surface area contributed by atoms with Gasteiger partial charge >= 0.3 is 18.0 Å². The van der Waals surface area contributed by atoms with Gasteiger partial charge in [0.2, 0.25) is 0 Å². The summed E-state index contributed by atoms with van der Waals surface area (Å²) in [5.74, 6) is -2.74. The van der Waals surface area contributed by atoms with Crippen molar-refractivity contribution in [3.05, 3.63) is 0 Å². The number of aliphatic carboxylic acids is 1. The van der Waals surface area contributed by atoms with Crippen LogP contribution in [-0.2, 0) is 14.3 Å². The number of carbonyl (C=O) groups is 3. The molecule has 0 aliphatic heterocycles. The van der Waals surface area contributed by atoms with E-state index in [-0.39, 0.29) is 13.2 Å². The van der Waals surface area contributed by atoms with Crippen molar-refractivity contribution in [1.29, 1.82) is 0 Å². The lowest BCUT2D eigenvalue weighted by Crippen LogP contribution is -2.34. The molecule has 0 atom stereocenters. The van der Waals surface area contributed by atoms with Gasteiger partial charge in [-0.3, -0.25) is 4.79 Å². The normalized spacial score (nSPS) is 8.67. The molecule has 12 heavy (non-hydrogen) atoms. The summed E-state index contributed by atoms with van der Waals surface area (Å²) < 4.78 is 4.20. The van der Waals surface area contributed by atoms with E-state index >= 15 is 0 Å². The van der Waals surface area contributed by atoms with E-state index in [0.717, 1.165) is 0 Å². The van der Waals surface area contributed by atoms with Crippen LogP contribution in [0.5, 0.6) is 0 Å². The smallest absolute Gasteiger partial charge is 0.404 e. The van der Waals surface area contributed by atoms with Gasteiger partial charge in [0.1, 0.15) is 6.61 Å². The first-order chi connectivity index (χ1) is 5.54. The Kier molecular flexibility index (Phi) is 4.20. The molecule has 0 bridgehead atoms. The van der Waals surface area contributed by atoms with Crippen LogP contribution in [0.15, 0.2) is 0 Å². The molecule has 0 spiro atoms. The third kappa shape index (κ3) is 5.03. The van der Waals surface area contributed by atoms with E-state index in [4.69, 9.17) is 5.11 Å². The first-order valence-corrected chi connectivity index (χ1v) is 2.97. The van der Waals surface area contributed by atoms with Gasteiger partial charge in [0, 0.05) is 0 Å². The summed E-state index contributed by atoms with van der Waals surface area (Å²) in [5.41, 5.74) is 4.58. The van der Waals surface area contributed by atoms with Crippen molar-refractivity contribution in [3.63, 3.8) is 0 Å². The lowest BCUT2D eigenvalue weighted by Gasteiger charge is -2.01. The van der Waals surface area contributed by atoms with Gasteiger partial charge in [-0.1, -0.05) is 0 Å². The molecule has 7 nitrogen and oxygen atoms in total. The molecule has 0 fully saturated rings. The summed E-state index contributed by atoms with van der Waals surface area (Å²) in [7, 11) is 0. The lowest BCUT2D eigenvalue weighted by atomic mass is 10.6. The molecule has 0 saturated heterocycles. The Labute approximate surface area is 67.5 Å². The zero-order valence-electron chi connectivity index (χ0n) is 6.07. The number of rotatable bonds is 3. The molecule has 0 aliphatic carbocycles. The predicted octanol–water partition coefficient (Wildman–Crippen LogP) is -1.72. The Bertz CT molecular complexity index is 202. The monoisotopic (exact) mass is 176 g/mol. The minimum absolute atomic E-state index is 0.0753. The minimum Gasteiger partial charge on any atom is -0.474 e. The quantitative estimate of drug-likeness (QED) is 0.349. The Morgan fingerprint density at radius 2 is 2.00 bits per heavy atom. The van der Waals surface area contributed by atoms with Crippen molar-refractivity contribution in [2.24, 2.45) is 5.73 Å². The van der Waals surface area contributed by atoms with E-state index in [0.29, 0.717) is 0 Å². The second-order valence-electron chi connectivity index (χ2n) is 1.73. The topological polar surface area (TPSA) is 119 Å². The lowest BCUT2D eigenvalue weighted by molar-refractivity contribution is -0.150. The molecule has 2 amide bonds. The highest BCUT2D eigenvalue weighted by atomic mass is 16.5. The van der Waals surface area contributed by atoms with Gasteiger partial charge in [-0.05, 0) is 0 Å². The fourth-order valence-electron chi connectivity index (χ4n) is 0.392. The largest absolute Gasteiger partial charge is 0.474 e. The Morgan fingerprint density at radius 1 is 1.42 bits per heavy atom. The number of ether oxygens (including phenoxy) is 1. The number of primary amides is 1. The van der Waals surface area contributed by atoms with Crippen LogP contribution in [0.25, 0.3) is 0 Å². The zero-order valence-corrected chi connectivity index (χ0v) is 6.07. The number of amides is 2. The molecule has 0 unspecified atom stereocenters. The molecule has 0 heterocycles. The molecule has 0 rings (SSSR count). The molecule has 0 radical (unpaired) electrons. The van der Waals surface area contributed by atoms with E-state index < -0.39 is 18.0 Å². The van der Waals surface area contributed by atoms with E-state index in [1.165, 1.54) is 0 Å². The molecule has 0 aliphatic rings. The number of carboxylic acids is 1. The maximum atomic E-state index is 10.3. The minimum atomic E-state index is -1.59.